The number of phenols is 1. The van der Waals surface area contributed by atoms with Gasteiger partial charge >= 0.3 is 5.69 Å². The molecule has 1 aromatic heterocycles. The lowest BCUT2D eigenvalue weighted by molar-refractivity contribution is 0.0743. The van der Waals surface area contributed by atoms with Crippen LogP contribution in [-0.4, -0.2) is 51.6 Å². The number of aromatic hydroxyl groups is 1. The molecule has 2 heterocycles. The molecular formula is C22H21ClN4O4. The summed E-state index contributed by atoms with van der Waals surface area (Å²) in [7, 11) is 0. The Morgan fingerprint density at radius 1 is 1.00 bits per heavy atom. The van der Waals surface area contributed by atoms with Gasteiger partial charge in [0.2, 0.25) is 0 Å². The number of halogens is 1. The number of hydrogen-bond acceptors (Lipinski definition) is 5. The lowest BCUT2D eigenvalue weighted by atomic mass is 10.2. The molecule has 1 amide bonds. The van der Waals surface area contributed by atoms with Gasteiger partial charge in [-0.05, 0) is 35.9 Å². The molecule has 160 valence electrons. The first-order valence-electron chi connectivity index (χ1n) is 9.83. The summed E-state index contributed by atoms with van der Waals surface area (Å²) in [6.45, 7) is 2.02. The van der Waals surface area contributed by atoms with Gasteiger partial charge in [0.15, 0.2) is 0 Å². The number of piperazine rings is 1. The average Bonchev–Trinajstić information content (AvgIpc) is 2.78. The van der Waals surface area contributed by atoms with Gasteiger partial charge in [0.25, 0.3) is 11.5 Å². The lowest BCUT2D eigenvalue weighted by Gasteiger charge is -2.36. The summed E-state index contributed by atoms with van der Waals surface area (Å²) in [6, 6.07) is 13.8. The third kappa shape index (κ3) is 4.34. The van der Waals surface area contributed by atoms with Crippen molar-refractivity contribution in [3.63, 3.8) is 0 Å². The number of phenolic OH excluding ortho intramolecular Hbond substituents is 1. The van der Waals surface area contributed by atoms with E-state index >= 15 is 0 Å². The van der Waals surface area contributed by atoms with Crippen molar-refractivity contribution in [2.45, 2.75) is 6.54 Å². The SMILES string of the molecule is O=C(c1c[nH]c(=O)n(Cc2ccccc2Cl)c1=O)N1CCN(c2ccc(O)cc2)CC1. The zero-order valence-corrected chi connectivity index (χ0v) is 17.4. The summed E-state index contributed by atoms with van der Waals surface area (Å²) in [4.78, 5) is 44.4. The summed E-state index contributed by atoms with van der Waals surface area (Å²) in [5.41, 5.74) is 0.248. The lowest BCUT2D eigenvalue weighted by Crippen LogP contribution is -2.50. The van der Waals surface area contributed by atoms with Crippen LogP contribution in [0, 0.1) is 0 Å². The fourth-order valence-corrected chi connectivity index (χ4v) is 3.80. The molecule has 0 spiro atoms. The normalized spacial score (nSPS) is 14.0. The van der Waals surface area contributed by atoms with Gasteiger partial charge in [0.1, 0.15) is 11.3 Å². The Hall–Kier alpha value is -3.52. The molecule has 0 radical (unpaired) electrons. The Morgan fingerprint density at radius 2 is 1.68 bits per heavy atom. The third-order valence-corrected chi connectivity index (χ3v) is 5.73. The maximum atomic E-state index is 13.0. The quantitative estimate of drug-likeness (QED) is 0.645. The number of nitrogens with zero attached hydrogens (tertiary/aromatic N) is 3. The largest absolute Gasteiger partial charge is 0.508 e. The molecule has 2 N–H and O–H groups in total. The first-order chi connectivity index (χ1) is 14.9. The molecule has 8 nitrogen and oxygen atoms in total. The molecule has 0 atom stereocenters. The molecule has 1 fully saturated rings. The number of carbonyl (C=O) groups excluding carboxylic acids is 1. The monoisotopic (exact) mass is 440 g/mol. The van der Waals surface area contributed by atoms with Gasteiger partial charge in [-0.1, -0.05) is 29.8 Å². The Bertz CT molecular complexity index is 1210. The van der Waals surface area contributed by atoms with Crippen molar-refractivity contribution < 1.29 is 9.90 Å². The molecule has 4 rings (SSSR count). The van der Waals surface area contributed by atoms with Crippen molar-refractivity contribution in [2.24, 2.45) is 0 Å². The van der Waals surface area contributed by atoms with E-state index in [1.807, 2.05) is 12.1 Å². The van der Waals surface area contributed by atoms with Crippen molar-refractivity contribution in [2.75, 3.05) is 31.1 Å². The number of aromatic amines is 1. The summed E-state index contributed by atoms with van der Waals surface area (Å²) in [6.07, 6.45) is 1.18. The highest BCUT2D eigenvalue weighted by molar-refractivity contribution is 6.31. The van der Waals surface area contributed by atoms with Crippen LogP contribution in [0.2, 0.25) is 5.02 Å². The number of nitrogens with one attached hydrogen (secondary N) is 1. The van der Waals surface area contributed by atoms with Crippen LogP contribution in [0.1, 0.15) is 15.9 Å². The number of hydrogen-bond donors (Lipinski definition) is 2. The number of H-pyrrole nitrogens is 1. The van der Waals surface area contributed by atoms with Crippen molar-refractivity contribution in [3.05, 3.63) is 91.7 Å². The van der Waals surface area contributed by atoms with E-state index in [4.69, 9.17) is 11.6 Å². The minimum Gasteiger partial charge on any atom is -0.508 e. The van der Waals surface area contributed by atoms with E-state index in [9.17, 15) is 19.5 Å². The molecular weight excluding hydrogens is 420 g/mol. The Balaban J connectivity index is 1.52. The molecule has 1 aliphatic rings. The van der Waals surface area contributed by atoms with Gasteiger partial charge in [-0.15, -0.1) is 0 Å². The number of benzene rings is 2. The molecule has 3 aromatic rings. The van der Waals surface area contributed by atoms with Crippen LogP contribution in [0.25, 0.3) is 0 Å². The zero-order chi connectivity index (χ0) is 22.0. The Kier molecular flexibility index (Phi) is 5.81. The Morgan fingerprint density at radius 3 is 2.35 bits per heavy atom. The van der Waals surface area contributed by atoms with E-state index < -0.39 is 17.2 Å². The zero-order valence-electron chi connectivity index (χ0n) is 16.6. The molecule has 0 aliphatic carbocycles. The second-order valence-electron chi connectivity index (χ2n) is 7.29. The number of aromatic nitrogens is 2. The number of rotatable bonds is 4. The fraction of sp³-hybridized carbons (Fsp3) is 0.227. The predicted molar refractivity (Wildman–Crippen MR) is 118 cm³/mol. The van der Waals surface area contributed by atoms with Gasteiger partial charge < -0.3 is 19.9 Å². The van der Waals surface area contributed by atoms with Crippen molar-refractivity contribution in [1.82, 2.24) is 14.5 Å². The third-order valence-electron chi connectivity index (χ3n) is 5.36. The van der Waals surface area contributed by atoms with Gasteiger partial charge in [-0.3, -0.25) is 14.2 Å². The molecule has 1 saturated heterocycles. The minimum absolute atomic E-state index is 0.0242. The number of carbonyl (C=O) groups is 1. The smallest absolute Gasteiger partial charge is 0.328 e. The summed E-state index contributed by atoms with van der Waals surface area (Å²) < 4.78 is 0.987. The van der Waals surface area contributed by atoms with Crippen LogP contribution >= 0.6 is 11.6 Å². The van der Waals surface area contributed by atoms with E-state index in [0.29, 0.717) is 36.8 Å². The second-order valence-corrected chi connectivity index (χ2v) is 7.69. The molecule has 0 saturated carbocycles. The topological polar surface area (TPSA) is 98.6 Å². The van der Waals surface area contributed by atoms with E-state index in [0.717, 1.165) is 10.3 Å². The van der Waals surface area contributed by atoms with Crippen LogP contribution in [0.4, 0.5) is 5.69 Å². The fourth-order valence-electron chi connectivity index (χ4n) is 3.61. The van der Waals surface area contributed by atoms with Crippen LogP contribution in [0.5, 0.6) is 5.75 Å². The maximum absolute atomic E-state index is 13.0. The van der Waals surface area contributed by atoms with E-state index in [1.165, 1.54) is 6.20 Å². The predicted octanol–water partition coefficient (Wildman–Crippen LogP) is 1.91. The minimum atomic E-state index is -0.644. The molecule has 9 heteroatoms. The van der Waals surface area contributed by atoms with Gasteiger partial charge in [0, 0.05) is 43.1 Å². The van der Waals surface area contributed by atoms with Gasteiger partial charge in [0.05, 0.1) is 6.54 Å². The number of anilines is 1. The van der Waals surface area contributed by atoms with Crippen molar-refractivity contribution in [1.29, 1.82) is 0 Å². The molecule has 0 unspecified atom stereocenters. The molecule has 1 aliphatic heterocycles. The van der Waals surface area contributed by atoms with E-state index in [2.05, 4.69) is 9.88 Å². The molecule has 2 aromatic carbocycles. The van der Waals surface area contributed by atoms with Crippen LogP contribution in [-0.2, 0) is 6.54 Å². The van der Waals surface area contributed by atoms with E-state index in [1.54, 1.807) is 41.3 Å². The van der Waals surface area contributed by atoms with Gasteiger partial charge in [-0.2, -0.15) is 0 Å². The first kappa shape index (κ1) is 20.7. The standard InChI is InChI=1S/C22H21ClN4O4/c23-19-4-2-1-3-15(19)14-27-21(30)18(13-24-22(27)31)20(29)26-11-9-25(10-12-26)16-5-7-17(28)8-6-16/h1-8,13,28H,9-12,14H2,(H,24,31). The van der Waals surface area contributed by atoms with Crippen LogP contribution in [0.15, 0.2) is 64.3 Å². The van der Waals surface area contributed by atoms with Crippen molar-refractivity contribution in [3.8, 4) is 5.75 Å². The highest BCUT2D eigenvalue weighted by Gasteiger charge is 2.25. The Labute approximate surface area is 182 Å². The van der Waals surface area contributed by atoms with Gasteiger partial charge in [-0.25, -0.2) is 4.79 Å². The maximum Gasteiger partial charge on any atom is 0.328 e. The average molecular weight is 441 g/mol. The van der Waals surface area contributed by atoms with Crippen LogP contribution < -0.4 is 16.1 Å². The first-order valence-corrected chi connectivity index (χ1v) is 10.2. The molecule has 0 bridgehead atoms. The van der Waals surface area contributed by atoms with Crippen molar-refractivity contribution >= 4 is 23.2 Å². The highest BCUT2D eigenvalue weighted by Crippen LogP contribution is 2.20. The van der Waals surface area contributed by atoms with E-state index in [-0.39, 0.29) is 17.9 Å². The summed E-state index contributed by atoms with van der Waals surface area (Å²) in [5.74, 6) is -0.219. The van der Waals surface area contributed by atoms with Crippen LogP contribution in [0.3, 0.4) is 0 Å². The molecule has 31 heavy (non-hydrogen) atoms. The highest BCUT2D eigenvalue weighted by atomic mass is 35.5. The summed E-state index contributed by atoms with van der Waals surface area (Å²) in [5, 5.41) is 9.88. The number of amides is 1. The summed E-state index contributed by atoms with van der Waals surface area (Å²) >= 11 is 6.15. The second kappa shape index (κ2) is 8.69.